The third kappa shape index (κ3) is 0.778. The predicted octanol–water partition coefficient (Wildman–Crippen LogP) is 1.65. The number of hydrogen-bond acceptors (Lipinski definition) is 2. The quantitative estimate of drug-likeness (QED) is 0.489. The summed E-state index contributed by atoms with van der Waals surface area (Å²) in [6.07, 6.45) is 13.0. The third-order valence-corrected chi connectivity index (χ3v) is 1.51. The Bertz CT molecular complexity index is 246. The van der Waals surface area contributed by atoms with Crippen LogP contribution in [0.4, 0.5) is 0 Å². The van der Waals surface area contributed by atoms with Gasteiger partial charge in [-0.05, 0) is 12.2 Å². The molecule has 0 radical (unpaired) electrons. The molecule has 10 heavy (non-hydrogen) atoms. The van der Waals surface area contributed by atoms with Crippen molar-refractivity contribution in [1.29, 1.82) is 0 Å². The molecule has 0 fully saturated rings. The number of hydrogen-bond donors (Lipinski definition) is 0. The number of hydrazone groups is 1. The second kappa shape index (κ2) is 2.14. The maximum atomic E-state index is 4.15. The minimum absolute atomic E-state index is 0.948. The fraction of sp³-hybridized carbons (Fsp3) is 0.125. The smallest absolute Gasteiger partial charge is 0.0609 e. The standard InChI is InChI=1S/C8H8N2/c1-2-7-10-8(4-1)5-3-6-9-10/h1-2,4-7H,3H2. The van der Waals surface area contributed by atoms with E-state index in [1.54, 1.807) is 0 Å². The summed E-state index contributed by atoms with van der Waals surface area (Å²) >= 11 is 0. The molecule has 0 aromatic rings. The molecular weight excluding hydrogens is 124 g/mol. The van der Waals surface area contributed by atoms with Crippen molar-refractivity contribution in [2.75, 3.05) is 0 Å². The van der Waals surface area contributed by atoms with E-state index in [4.69, 9.17) is 0 Å². The molecule has 0 aromatic carbocycles. The van der Waals surface area contributed by atoms with Crippen molar-refractivity contribution < 1.29 is 0 Å². The average molecular weight is 132 g/mol. The molecule has 0 N–H and O–H groups in total. The van der Waals surface area contributed by atoms with Crippen LogP contribution in [0, 0.1) is 0 Å². The first-order valence-electron chi connectivity index (χ1n) is 3.33. The van der Waals surface area contributed by atoms with Crippen LogP contribution in [-0.2, 0) is 0 Å². The van der Waals surface area contributed by atoms with Crippen molar-refractivity contribution in [3.63, 3.8) is 0 Å². The van der Waals surface area contributed by atoms with Crippen LogP contribution in [0.3, 0.4) is 0 Å². The van der Waals surface area contributed by atoms with E-state index in [2.05, 4.69) is 17.3 Å². The zero-order valence-corrected chi connectivity index (χ0v) is 5.57. The number of nitrogens with zero attached hydrogens (tertiary/aromatic N) is 2. The van der Waals surface area contributed by atoms with Gasteiger partial charge in [0.05, 0.1) is 5.70 Å². The summed E-state index contributed by atoms with van der Waals surface area (Å²) in [7, 11) is 0. The van der Waals surface area contributed by atoms with Gasteiger partial charge in [-0.15, -0.1) is 0 Å². The molecule has 0 spiro atoms. The Morgan fingerprint density at radius 2 is 2.40 bits per heavy atom. The summed E-state index contributed by atoms with van der Waals surface area (Å²) in [5, 5.41) is 6.02. The highest BCUT2D eigenvalue weighted by molar-refractivity contribution is 5.61. The number of rotatable bonds is 0. The first-order chi connectivity index (χ1) is 4.97. The lowest BCUT2D eigenvalue weighted by atomic mass is 10.2. The van der Waals surface area contributed by atoms with E-state index in [9.17, 15) is 0 Å². The van der Waals surface area contributed by atoms with E-state index in [0.717, 1.165) is 6.42 Å². The second-order valence-electron chi connectivity index (χ2n) is 2.21. The molecule has 0 bridgehead atoms. The lowest BCUT2D eigenvalue weighted by Crippen LogP contribution is -2.12. The molecule has 0 saturated heterocycles. The maximum Gasteiger partial charge on any atom is 0.0609 e. The van der Waals surface area contributed by atoms with Crippen molar-refractivity contribution in [1.82, 2.24) is 5.01 Å². The third-order valence-electron chi connectivity index (χ3n) is 1.51. The van der Waals surface area contributed by atoms with Crippen molar-refractivity contribution in [3.8, 4) is 0 Å². The SMILES string of the molecule is C1=CC2=CCC=NN2C=C1. The fourth-order valence-corrected chi connectivity index (χ4v) is 1.02. The summed E-state index contributed by atoms with van der Waals surface area (Å²) in [4.78, 5) is 0. The Kier molecular flexibility index (Phi) is 1.17. The molecular formula is C8H8N2. The molecule has 2 rings (SSSR count). The van der Waals surface area contributed by atoms with Gasteiger partial charge in [-0.25, -0.2) is 5.01 Å². The molecule has 0 amide bonds. The summed E-state index contributed by atoms with van der Waals surface area (Å²) in [6, 6.07) is 0. The van der Waals surface area contributed by atoms with Crippen molar-refractivity contribution in [3.05, 3.63) is 36.2 Å². The molecule has 50 valence electrons. The van der Waals surface area contributed by atoms with Gasteiger partial charge in [0.15, 0.2) is 0 Å². The molecule has 2 heterocycles. The zero-order chi connectivity index (χ0) is 6.81. The first kappa shape index (κ1) is 5.47. The summed E-state index contributed by atoms with van der Waals surface area (Å²) in [5.74, 6) is 0. The Hall–Kier alpha value is -1.31. The summed E-state index contributed by atoms with van der Waals surface area (Å²) in [6.45, 7) is 0. The van der Waals surface area contributed by atoms with Crippen LogP contribution < -0.4 is 0 Å². The minimum atomic E-state index is 0.948. The zero-order valence-electron chi connectivity index (χ0n) is 5.57. The van der Waals surface area contributed by atoms with Crippen LogP contribution in [0.25, 0.3) is 0 Å². The van der Waals surface area contributed by atoms with Gasteiger partial charge in [0.1, 0.15) is 0 Å². The molecule has 2 nitrogen and oxygen atoms in total. The van der Waals surface area contributed by atoms with E-state index in [1.807, 2.05) is 29.6 Å². The molecule has 0 aromatic heterocycles. The maximum absolute atomic E-state index is 4.15. The molecule has 2 aliphatic heterocycles. The predicted molar refractivity (Wildman–Crippen MR) is 41.3 cm³/mol. The molecule has 0 unspecified atom stereocenters. The lowest BCUT2D eigenvalue weighted by molar-refractivity contribution is 0.503. The number of allylic oxidation sites excluding steroid dienone is 4. The Morgan fingerprint density at radius 3 is 3.30 bits per heavy atom. The minimum Gasteiger partial charge on any atom is -0.242 e. The van der Waals surface area contributed by atoms with Crippen molar-refractivity contribution >= 4 is 6.21 Å². The van der Waals surface area contributed by atoms with Crippen LogP contribution >= 0.6 is 0 Å². The van der Waals surface area contributed by atoms with Crippen molar-refractivity contribution in [2.45, 2.75) is 6.42 Å². The highest BCUT2D eigenvalue weighted by Gasteiger charge is 2.05. The first-order valence-corrected chi connectivity index (χ1v) is 3.33. The highest BCUT2D eigenvalue weighted by Crippen LogP contribution is 2.15. The van der Waals surface area contributed by atoms with Crippen LogP contribution in [0.5, 0.6) is 0 Å². The summed E-state index contributed by atoms with van der Waals surface area (Å²) in [5.41, 5.74) is 1.17. The van der Waals surface area contributed by atoms with E-state index in [0.29, 0.717) is 0 Å². The number of fused-ring (bicyclic) bond motifs is 1. The summed E-state index contributed by atoms with van der Waals surface area (Å²) < 4.78 is 0. The topological polar surface area (TPSA) is 15.6 Å². The van der Waals surface area contributed by atoms with Crippen LogP contribution in [0.15, 0.2) is 41.3 Å². The van der Waals surface area contributed by atoms with Gasteiger partial charge in [-0.3, -0.25) is 0 Å². The lowest BCUT2D eigenvalue weighted by Gasteiger charge is -2.19. The molecule has 0 saturated carbocycles. The molecule has 0 aliphatic carbocycles. The Labute approximate surface area is 59.8 Å². The van der Waals surface area contributed by atoms with Crippen LogP contribution in [0.2, 0.25) is 0 Å². The monoisotopic (exact) mass is 132 g/mol. The van der Waals surface area contributed by atoms with Gasteiger partial charge >= 0.3 is 0 Å². The van der Waals surface area contributed by atoms with Gasteiger partial charge < -0.3 is 0 Å². The van der Waals surface area contributed by atoms with Gasteiger partial charge in [0.2, 0.25) is 0 Å². The fourth-order valence-electron chi connectivity index (χ4n) is 1.02. The van der Waals surface area contributed by atoms with Crippen molar-refractivity contribution in [2.24, 2.45) is 5.10 Å². The van der Waals surface area contributed by atoms with Crippen LogP contribution in [0.1, 0.15) is 6.42 Å². The molecule has 0 atom stereocenters. The second-order valence-corrected chi connectivity index (χ2v) is 2.21. The van der Waals surface area contributed by atoms with E-state index >= 15 is 0 Å². The normalized spacial score (nSPS) is 20.8. The van der Waals surface area contributed by atoms with Gasteiger partial charge in [-0.2, -0.15) is 5.10 Å². The van der Waals surface area contributed by atoms with Crippen LogP contribution in [-0.4, -0.2) is 11.2 Å². The average Bonchev–Trinajstić information content (AvgIpc) is 2.05. The van der Waals surface area contributed by atoms with Gasteiger partial charge in [0, 0.05) is 18.8 Å². The van der Waals surface area contributed by atoms with Gasteiger partial charge in [-0.1, -0.05) is 12.2 Å². The largest absolute Gasteiger partial charge is 0.242 e. The van der Waals surface area contributed by atoms with E-state index < -0.39 is 0 Å². The van der Waals surface area contributed by atoms with E-state index in [1.165, 1.54) is 5.70 Å². The van der Waals surface area contributed by atoms with Gasteiger partial charge in [0.25, 0.3) is 0 Å². The molecule has 2 aliphatic rings. The van der Waals surface area contributed by atoms with E-state index in [-0.39, 0.29) is 0 Å². The molecule has 2 heteroatoms. The highest BCUT2D eigenvalue weighted by atomic mass is 15.4. The Morgan fingerprint density at radius 1 is 1.40 bits per heavy atom. The Balaban J connectivity index is 2.33.